The van der Waals surface area contributed by atoms with Crippen molar-refractivity contribution in [2.24, 2.45) is 4.99 Å². The molecule has 0 saturated heterocycles. The Morgan fingerprint density at radius 2 is 2.31 bits per heavy atom. The van der Waals surface area contributed by atoms with Crippen LogP contribution in [0.3, 0.4) is 0 Å². The molecule has 0 bridgehead atoms. The molecule has 1 aliphatic rings. The van der Waals surface area contributed by atoms with Gasteiger partial charge in [0.25, 0.3) is 0 Å². The van der Waals surface area contributed by atoms with Crippen molar-refractivity contribution in [3.8, 4) is 0 Å². The minimum absolute atomic E-state index is 0.0707. The summed E-state index contributed by atoms with van der Waals surface area (Å²) in [5.74, 6) is 2.97. The van der Waals surface area contributed by atoms with Gasteiger partial charge in [-0.1, -0.05) is 6.92 Å². The second-order valence-electron chi connectivity index (χ2n) is 4.09. The highest BCUT2D eigenvalue weighted by Gasteiger charge is 2.27. The molecule has 0 amide bonds. The molecule has 0 radical (unpaired) electrons. The van der Waals surface area contributed by atoms with Gasteiger partial charge in [0.2, 0.25) is 0 Å². The maximum atomic E-state index is 5.65. The number of rotatable bonds is 3. The van der Waals surface area contributed by atoms with E-state index in [0.717, 1.165) is 23.8 Å². The van der Waals surface area contributed by atoms with E-state index in [1.807, 2.05) is 11.8 Å². The van der Waals surface area contributed by atoms with Crippen LogP contribution in [0.2, 0.25) is 0 Å². The lowest BCUT2D eigenvalue weighted by Gasteiger charge is -2.31. The highest BCUT2D eigenvalue weighted by Crippen LogP contribution is 2.24. The molecule has 1 rings (SSSR count). The van der Waals surface area contributed by atoms with E-state index in [1.54, 1.807) is 0 Å². The van der Waals surface area contributed by atoms with Gasteiger partial charge in [-0.15, -0.1) is 0 Å². The first-order valence-electron chi connectivity index (χ1n) is 4.86. The number of ether oxygens (including phenoxy) is 1. The minimum Gasteiger partial charge on any atom is -0.477 e. The first kappa shape index (κ1) is 10.9. The SMILES string of the molecule is CCSCC1=NC(C)(C)CC(C)O1. The Morgan fingerprint density at radius 1 is 1.62 bits per heavy atom. The third-order valence-corrected chi connectivity index (χ3v) is 2.84. The average Bonchev–Trinajstić information content (AvgIpc) is 1.97. The van der Waals surface area contributed by atoms with Crippen LogP contribution in [0.4, 0.5) is 0 Å². The molecule has 3 heteroatoms. The Morgan fingerprint density at radius 3 is 2.85 bits per heavy atom. The van der Waals surface area contributed by atoms with Crippen LogP contribution in [0.25, 0.3) is 0 Å². The van der Waals surface area contributed by atoms with Gasteiger partial charge >= 0.3 is 0 Å². The summed E-state index contributed by atoms with van der Waals surface area (Å²) in [6, 6.07) is 0. The van der Waals surface area contributed by atoms with Gasteiger partial charge in [0.05, 0.1) is 17.4 Å². The molecule has 1 aliphatic heterocycles. The molecular formula is C10H19NOS. The normalized spacial score (nSPS) is 26.5. The van der Waals surface area contributed by atoms with E-state index < -0.39 is 0 Å². The Labute approximate surface area is 85.1 Å². The average molecular weight is 201 g/mol. The standard InChI is InChI=1S/C10H19NOS/c1-5-13-7-9-11-10(3,4)6-8(2)12-9/h8H,5-7H2,1-4H3. The fraction of sp³-hybridized carbons (Fsp3) is 0.900. The van der Waals surface area contributed by atoms with Crippen LogP contribution < -0.4 is 0 Å². The molecule has 0 aromatic rings. The number of nitrogens with zero attached hydrogens (tertiary/aromatic N) is 1. The topological polar surface area (TPSA) is 21.6 Å². The lowest BCUT2D eigenvalue weighted by Crippen LogP contribution is -2.34. The highest BCUT2D eigenvalue weighted by atomic mass is 32.2. The molecule has 0 spiro atoms. The third-order valence-electron chi connectivity index (χ3n) is 1.98. The molecule has 0 aromatic carbocycles. The van der Waals surface area contributed by atoms with E-state index in [1.165, 1.54) is 0 Å². The Bertz CT molecular complexity index is 201. The molecule has 2 nitrogen and oxygen atoms in total. The third kappa shape index (κ3) is 3.59. The smallest absolute Gasteiger partial charge is 0.194 e. The van der Waals surface area contributed by atoms with Gasteiger partial charge in [-0.05, 0) is 26.5 Å². The van der Waals surface area contributed by atoms with E-state index >= 15 is 0 Å². The molecule has 0 N–H and O–H groups in total. The van der Waals surface area contributed by atoms with Gasteiger partial charge in [0.15, 0.2) is 5.90 Å². The zero-order chi connectivity index (χ0) is 9.90. The molecule has 1 unspecified atom stereocenters. The second-order valence-corrected chi connectivity index (χ2v) is 5.36. The summed E-state index contributed by atoms with van der Waals surface area (Å²) in [7, 11) is 0. The van der Waals surface area contributed by atoms with Gasteiger partial charge in [-0.2, -0.15) is 11.8 Å². The quantitative estimate of drug-likeness (QED) is 0.700. The monoisotopic (exact) mass is 201 g/mol. The summed E-state index contributed by atoms with van der Waals surface area (Å²) in [5, 5.41) is 0. The van der Waals surface area contributed by atoms with Crippen molar-refractivity contribution in [3.05, 3.63) is 0 Å². The van der Waals surface area contributed by atoms with Crippen LogP contribution >= 0.6 is 11.8 Å². The van der Waals surface area contributed by atoms with Crippen molar-refractivity contribution in [1.82, 2.24) is 0 Å². The van der Waals surface area contributed by atoms with Crippen LogP contribution in [0.5, 0.6) is 0 Å². The Hall–Kier alpha value is -0.180. The van der Waals surface area contributed by atoms with Crippen LogP contribution in [0.1, 0.15) is 34.1 Å². The highest BCUT2D eigenvalue weighted by molar-refractivity contribution is 7.99. The molecule has 0 aromatic heterocycles. The van der Waals surface area contributed by atoms with Gasteiger partial charge in [0, 0.05) is 6.42 Å². The van der Waals surface area contributed by atoms with E-state index in [4.69, 9.17) is 4.74 Å². The van der Waals surface area contributed by atoms with Crippen LogP contribution in [0, 0.1) is 0 Å². The van der Waals surface area contributed by atoms with Crippen molar-refractivity contribution in [1.29, 1.82) is 0 Å². The van der Waals surface area contributed by atoms with Crippen LogP contribution in [-0.2, 0) is 4.74 Å². The number of aliphatic imine (C=N–C) groups is 1. The lowest BCUT2D eigenvalue weighted by atomic mass is 9.97. The van der Waals surface area contributed by atoms with Gasteiger partial charge < -0.3 is 4.74 Å². The second kappa shape index (κ2) is 4.36. The molecule has 0 saturated carbocycles. The summed E-state index contributed by atoms with van der Waals surface area (Å²) < 4.78 is 5.65. The van der Waals surface area contributed by atoms with Crippen LogP contribution in [0.15, 0.2) is 4.99 Å². The summed E-state index contributed by atoms with van der Waals surface area (Å²) in [4.78, 5) is 4.58. The summed E-state index contributed by atoms with van der Waals surface area (Å²) in [5.41, 5.74) is 0.0707. The number of hydrogen-bond donors (Lipinski definition) is 0. The fourth-order valence-electron chi connectivity index (χ4n) is 1.64. The summed E-state index contributed by atoms with van der Waals surface area (Å²) in [6.45, 7) is 8.61. The van der Waals surface area contributed by atoms with Crippen molar-refractivity contribution in [3.63, 3.8) is 0 Å². The predicted octanol–water partition coefficient (Wildman–Crippen LogP) is 2.73. The van der Waals surface area contributed by atoms with E-state index in [9.17, 15) is 0 Å². The summed E-state index contributed by atoms with van der Waals surface area (Å²) >= 11 is 1.86. The minimum atomic E-state index is 0.0707. The van der Waals surface area contributed by atoms with Crippen molar-refractivity contribution >= 4 is 17.7 Å². The lowest BCUT2D eigenvalue weighted by molar-refractivity contribution is 0.144. The maximum Gasteiger partial charge on any atom is 0.194 e. The van der Waals surface area contributed by atoms with Crippen molar-refractivity contribution < 1.29 is 4.74 Å². The Balaban J connectivity index is 2.57. The largest absolute Gasteiger partial charge is 0.477 e. The van der Waals surface area contributed by atoms with Crippen LogP contribution in [-0.4, -0.2) is 29.0 Å². The molecule has 0 aliphatic carbocycles. The number of hydrogen-bond acceptors (Lipinski definition) is 3. The van der Waals surface area contributed by atoms with Crippen molar-refractivity contribution in [2.75, 3.05) is 11.5 Å². The Kier molecular flexibility index (Phi) is 3.65. The molecular weight excluding hydrogens is 182 g/mol. The van der Waals surface area contributed by atoms with E-state index in [-0.39, 0.29) is 5.54 Å². The first-order chi connectivity index (χ1) is 6.03. The molecule has 1 atom stereocenters. The molecule has 13 heavy (non-hydrogen) atoms. The molecule has 1 heterocycles. The van der Waals surface area contributed by atoms with E-state index in [0.29, 0.717) is 6.10 Å². The van der Waals surface area contributed by atoms with Gasteiger partial charge in [-0.3, -0.25) is 0 Å². The van der Waals surface area contributed by atoms with E-state index in [2.05, 4.69) is 32.7 Å². The van der Waals surface area contributed by atoms with Gasteiger partial charge in [0.1, 0.15) is 0 Å². The molecule has 76 valence electrons. The maximum absolute atomic E-state index is 5.65. The molecule has 0 fully saturated rings. The summed E-state index contributed by atoms with van der Waals surface area (Å²) in [6.07, 6.45) is 1.34. The van der Waals surface area contributed by atoms with Crippen molar-refractivity contribution in [2.45, 2.75) is 45.8 Å². The first-order valence-corrected chi connectivity index (χ1v) is 6.02. The fourth-order valence-corrected chi connectivity index (χ4v) is 2.15. The number of thioether (sulfide) groups is 1. The zero-order valence-electron chi connectivity index (χ0n) is 8.96. The predicted molar refractivity (Wildman–Crippen MR) is 59.7 cm³/mol. The zero-order valence-corrected chi connectivity index (χ0v) is 9.78. The van der Waals surface area contributed by atoms with Gasteiger partial charge in [-0.25, -0.2) is 4.99 Å².